The second-order valence-corrected chi connectivity index (χ2v) is 6.11. The molecule has 0 bridgehead atoms. The summed E-state index contributed by atoms with van der Waals surface area (Å²) in [7, 11) is 0. The molecule has 0 spiro atoms. The molecule has 0 aliphatic carbocycles. The molecule has 0 radical (unpaired) electrons. The average Bonchev–Trinajstić information content (AvgIpc) is 3.10. The molecule has 1 aliphatic rings. The zero-order valence-electron chi connectivity index (χ0n) is 12.4. The first-order valence-corrected chi connectivity index (χ1v) is 8.51. The lowest BCUT2D eigenvalue weighted by molar-refractivity contribution is 0.102. The molecule has 0 N–H and O–H groups in total. The molecule has 116 valence electrons. The SMILES string of the molecule is O=C(c1ccsc1)c1ncc(OCCN2CCCCC2)cn1. The van der Waals surface area contributed by atoms with Crippen LogP contribution in [-0.2, 0) is 0 Å². The predicted molar refractivity (Wildman–Crippen MR) is 85.6 cm³/mol. The normalized spacial score (nSPS) is 15.6. The number of aromatic nitrogens is 2. The van der Waals surface area contributed by atoms with Crippen LogP contribution in [0.3, 0.4) is 0 Å². The standard InChI is InChI=1S/C16H19N3O2S/c20-15(13-4-9-22-12-13)16-17-10-14(11-18-16)21-8-7-19-5-2-1-3-6-19/h4,9-12H,1-3,5-8H2. The molecule has 2 aromatic rings. The fraction of sp³-hybridized carbons (Fsp3) is 0.438. The minimum absolute atomic E-state index is 0.152. The molecular formula is C16H19N3O2S. The van der Waals surface area contributed by atoms with Crippen LogP contribution in [0.4, 0.5) is 0 Å². The van der Waals surface area contributed by atoms with Gasteiger partial charge in [0.05, 0.1) is 12.4 Å². The summed E-state index contributed by atoms with van der Waals surface area (Å²) in [6.45, 7) is 3.87. The smallest absolute Gasteiger partial charge is 0.231 e. The minimum atomic E-state index is -0.152. The monoisotopic (exact) mass is 317 g/mol. The number of carbonyl (C=O) groups is 1. The van der Waals surface area contributed by atoms with Gasteiger partial charge in [0.25, 0.3) is 0 Å². The van der Waals surface area contributed by atoms with Gasteiger partial charge >= 0.3 is 0 Å². The molecule has 1 aliphatic heterocycles. The van der Waals surface area contributed by atoms with E-state index in [9.17, 15) is 4.79 Å². The number of piperidine rings is 1. The first-order valence-electron chi connectivity index (χ1n) is 7.57. The van der Waals surface area contributed by atoms with E-state index in [1.165, 1.54) is 30.6 Å². The van der Waals surface area contributed by atoms with Crippen LogP contribution < -0.4 is 4.74 Å². The van der Waals surface area contributed by atoms with Gasteiger partial charge in [0.15, 0.2) is 5.75 Å². The summed E-state index contributed by atoms with van der Waals surface area (Å²) >= 11 is 1.48. The fourth-order valence-corrected chi connectivity index (χ4v) is 3.14. The number of likely N-dealkylation sites (tertiary alicyclic amines) is 1. The van der Waals surface area contributed by atoms with Crippen molar-refractivity contribution in [3.05, 3.63) is 40.6 Å². The van der Waals surface area contributed by atoms with Crippen molar-refractivity contribution in [2.24, 2.45) is 0 Å². The van der Waals surface area contributed by atoms with Crippen molar-refractivity contribution in [2.75, 3.05) is 26.2 Å². The maximum Gasteiger partial charge on any atom is 0.231 e. The highest BCUT2D eigenvalue weighted by atomic mass is 32.1. The van der Waals surface area contributed by atoms with Gasteiger partial charge in [-0.25, -0.2) is 9.97 Å². The summed E-state index contributed by atoms with van der Waals surface area (Å²) < 4.78 is 5.66. The van der Waals surface area contributed by atoms with Crippen molar-refractivity contribution >= 4 is 17.1 Å². The van der Waals surface area contributed by atoms with Crippen LogP contribution >= 0.6 is 11.3 Å². The summed E-state index contributed by atoms with van der Waals surface area (Å²) in [6.07, 6.45) is 7.04. The zero-order valence-corrected chi connectivity index (χ0v) is 13.2. The average molecular weight is 317 g/mol. The second kappa shape index (κ2) is 7.47. The van der Waals surface area contributed by atoms with Gasteiger partial charge in [0.1, 0.15) is 6.61 Å². The predicted octanol–water partition coefficient (Wildman–Crippen LogP) is 2.63. The summed E-state index contributed by atoms with van der Waals surface area (Å²) in [4.78, 5) is 22.7. The molecule has 3 heterocycles. The molecule has 0 amide bonds. The first-order chi connectivity index (χ1) is 10.8. The zero-order chi connectivity index (χ0) is 15.2. The van der Waals surface area contributed by atoms with Crippen LogP contribution in [0.2, 0.25) is 0 Å². The molecule has 0 unspecified atom stereocenters. The number of rotatable bonds is 6. The van der Waals surface area contributed by atoms with E-state index in [0.29, 0.717) is 17.9 Å². The number of nitrogens with zero attached hydrogens (tertiary/aromatic N) is 3. The Labute approximate surface area is 134 Å². The van der Waals surface area contributed by atoms with E-state index in [4.69, 9.17) is 4.74 Å². The van der Waals surface area contributed by atoms with E-state index in [0.717, 1.165) is 19.6 Å². The number of hydrogen-bond acceptors (Lipinski definition) is 6. The lowest BCUT2D eigenvalue weighted by Gasteiger charge is -2.26. The van der Waals surface area contributed by atoms with Crippen molar-refractivity contribution in [3.8, 4) is 5.75 Å². The third kappa shape index (κ3) is 3.90. The molecule has 5 nitrogen and oxygen atoms in total. The van der Waals surface area contributed by atoms with Gasteiger partial charge in [-0.1, -0.05) is 6.42 Å². The Kier molecular flexibility index (Phi) is 5.13. The van der Waals surface area contributed by atoms with Gasteiger partial charge in [0.2, 0.25) is 11.6 Å². The Bertz CT molecular complexity index is 592. The van der Waals surface area contributed by atoms with Crippen LogP contribution in [0.5, 0.6) is 5.75 Å². The molecule has 0 aromatic carbocycles. The summed E-state index contributed by atoms with van der Waals surface area (Å²) in [5.74, 6) is 0.668. The molecule has 2 aromatic heterocycles. The van der Waals surface area contributed by atoms with Crippen LogP contribution in [0, 0.1) is 0 Å². The van der Waals surface area contributed by atoms with Crippen molar-refractivity contribution in [1.29, 1.82) is 0 Å². The molecule has 0 saturated carbocycles. The van der Waals surface area contributed by atoms with Gasteiger partial charge in [-0.3, -0.25) is 9.69 Å². The Morgan fingerprint density at radius 2 is 2.00 bits per heavy atom. The summed E-state index contributed by atoms with van der Waals surface area (Å²) in [5, 5.41) is 3.67. The first kappa shape index (κ1) is 15.1. The minimum Gasteiger partial charge on any atom is -0.489 e. The summed E-state index contributed by atoms with van der Waals surface area (Å²) in [6, 6.07) is 1.78. The van der Waals surface area contributed by atoms with E-state index < -0.39 is 0 Å². The molecule has 22 heavy (non-hydrogen) atoms. The largest absolute Gasteiger partial charge is 0.489 e. The van der Waals surface area contributed by atoms with Gasteiger partial charge in [-0.05, 0) is 37.4 Å². The van der Waals surface area contributed by atoms with Crippen molar-refractivity contribution in [2.45, 2.75) is 19.3 Å². The van der Waals surface area contributed by atoms with Crippen molar-refractivity contribution < 1.29 is 9.53 Å². The van der Waals surface area contributed by atoms with Crippen LogP contribution in [0.15, 0.2) is 29.2 Å². The molecule has 1 saturated heterocycles. The number of thiophene rings is 1. The number of hydrogen-bond donors (Lipinski definition) is 0. The number of ketones is 1. The quantitative estimate of drug-likeness (QED) is 0.767. The van der Waals surface area contributed by atoms with Crippen molar-refractivity contribution in [3.63, 3.8) is 0 Å². The fourth-order valence-electron chi connectivity index (χ4n) is 2.51. The molecule has 0 atom stereocenters. The highest BCUT2D eigenvalue weighted by Crippen LogP contribution is 2.13. The van der Waals surface area contributed by atoms with E-state index in [1.807, 2.05) is 5.38 Å². The van der Waals surface area contributed by atoms with E-state index in [1.54, 1.807) is 23.8 Å². The van der Waals surface area contributed by atoms with E-state index in [-0.39, 0.29) is 11.6 Å². The summed E-state index contributed by atoms with van der Waals surface area (Å²) in [5.41, 5.74) is 0.628. The van der Waals surface area contributed by atoms with Gasteiger partial charge < -0.3 is 4.74 Å². The maximum atomic E-state index is 12.1. The number of ether oxygens (including phenoxy) is 1. The van der Waals surface area contributed by atoms with Gasteiger partial charge in [0, 0.05) is 17.5 Å². The molecule has 1 fully saturated rings. The lowest BCUT2D eigenvalue weighted by Crippen LogP contribution is -2.33. The third-order valence-corrected chi connectivity index (χ3v) is 4.42. The maximum absolute atomic E-state index is 12.1. The molecular weight excluding hydrogens is 298 g/mol. The molecule has 6 heteroatoms. The molecule has 3 rings (SSSR count). The lowest BCUT2D eigenvalue weighted by atomic mass is 10.1. The Morgan fingerprint density at radius 3 is 2.68 bits per heavy atom. The van der Waals surface area contributed by atoms with E-state index in [2.05, 4.69) is 14.9 Å². The highest BCUT2D eigenvalue weighted by molar-refractivity contribution is 7.08. The van der Waals surface area contributed by atoms with Gasteiger partial charge in [-0.2, -0.15) is 11.3 Å². The van der Waals surface area contributed by atoms with Crippen LogP contribution in [0.1, 0.15) is 35.4 Å². The second-order valence-electron chi connectivity index (χ2n) is 5.33. The van der Waals surface area contributed by atoms with Crippen molar-refractivity contribution in [1.82, 2.24) is 14.9 Å². The van der Waals surface area contributed by atoms with Crippen LogP contribution in [-0.4, -0.2) is 46.9 Å². The van der Waals surface area contributed by atoms with E-state index >= 15 is 0 Å². The van der Waals surface area contributed by atoms with Crippen LogP contribution in [0.25, 0.3) is 0 Å². The Balaban J connectivity index is 1.50. The number of carbonyl (C=O) groups excluding carboxylic acids is 1. The third-order valence-electron chi connectivity index (χ3n) is 3.74. The highest BCUT2D eigenvalue weighted by Gasteiger charge is 2.13. The van der Waals surface area contributed by atoms with Gasteiger partial charge in [-0.15, -0.1) is 0 Å². The Morgan fingerprint density at radius 1 is 1.23 bits per heavy atom. The topological polar surface area (TPSA) is 55.3 Å². The Hall–Kier alpha value is -1.79.